The average molecular weight is 966 g/mol. The summed E-state index contributed by atoms with van der Waals surface area (Å²) >= 11 is 0. The van der Waals surface area contributed by atoms with Crippen LogP contribution in [0.25, 0.3) is 0 Å². The first kappa shape index (κ1) is 58.7. The molecule has 0 aromatic heterocycles. The van der Waals surface area contributed by atoms with Crippen LogP contribution in [-0.4, -0.2) is 171 Å². The molecule has 2 aromatic carbocycles. The molecule has 4 aliphatic heterocycles. The van der Waals surface area contributed by atoms with E-state index in [2.05, 4.69) is 139 Å². The molecule has 4 nitrogen and oxygen atoms in total. The van der Waals surface area contributed by atoms with Crippen molar-refractivity contribution in [3.8, 4) is 0 Å². The van der Waals surface area contributed by atoms with Gasteiger partial charge in [0.15, 0.2) is 0 Å². The third-order valence-corrected chi connectivity index (χ3v) is 38.2. The van der Waals surface area contributed by atoms with Crippen molar-refractivity contribution in [3.63, 3.8) is 0 Å². The first-order valence-electron chi connectivity index (χ1n) is 20.2. The monoisotopic (exact) mass is 966 g/mol. The van der Waals surface area contributed by atoms with Crippen molar-refractivity contribution < 1.29 is 18.9 Å². The molecule has 15 heteroatoms. The van der Waals surface area contributed by atoms with Gasteiger partial charge in [0.1, 0.15) is 0 Å². The second kappa shape index (κ2) is 29.2. The summed E-state index contributed by atoms with van der Waals surface area (Å²) in [6, 6.07) is 23.5. The zero-order valence-corrected chi connectivity index (χ0v) is 45.7. The zero-order valence-electron chi connectivity index (χ0n) is 36.5. The number of ether oxygens (including phenoxy) is 4. The molecule has 4 heterocycles. The van der Waals surface area contributed by atoms with Gasteiger partial charge in [-0.3, -0.25) is 0 Å². The summed E-state index contributed by atoms with van der Waals surface area (Å²) in [7, 11) is -3.05. The van der Waals surface area contributed by atoms with Crippen LogP contribution in [0, 0.1) is 0 Å². The van der Waals surface area contributed by atoms with Crippen molar-refractivity contribution in [2.75, 3.05) is 52.9 Å². The van der Waals surface area contributed by atoms with E-state index in [1.54, 1.807) is 0 Å². The van der Waals surface area contributed by atoms with E-state index in [-0.39, 0.29) is 45.5 Å². The van der Waals surface area contributed by atoms with E-state index in [4.69, 9.17) is 18.9 Å². The van der Waals surface area contributed by atoms with Crippen LogP contribution in [0.15, 0.2) is 60.7 Å². The molecule has 4 fully saturated rings. The van der Waals surface area contributed by atoms with Gasteiger partial charge in [-0.2, -0.15) is 0 Å². The van der Waals surface area contributed by atoms with Gasteiger partial charge >= 0.3 is 45.5 Å². The topological polar surface area (TPSA) is 36.9 Å². The normalized spacial score (nSPS) is 17.3. The van der Waals surface area contributed by atoms with Crippen molar-refractivity contribution in [1.29, 1.82) is 0 Å². The van der Waals surface area contributed by atoms with Crippen molar-refractivity contribution in [3.05, 3.63) is 60.7 Å². The van der Waals surface area contributed by atoms with Crippen molar-refractivity contribution in [2.45, 2.75) is 140 Å². The van der Waals surface area contributed by atoms with E-state index in [0.717, 1.165) is 52.9 Å². The van der Waals surface area contributed by atoms with Crippen LogP contribution in [0.5, 0.6) is 0 Å². The molecular weight excluding hydrogens is 874 g/mol. The summed E-state index contributed by atoms with van der Waals surface area (Å²) in [5.41, 5.74) is 0. The maximum absolute atomic E-state index is 4.94. The van der Waals surface area contributed by atoms with E-state index in [0.29, 0.717) is 30.3 Å². The molecule has 0 saturated carbocycles. The molecule has 0 atom stereocenters. The fraction of sp³-hybridized carbons (Fsp3) is 0.714. The Morgan fingerprint density at radius 2 is 0.544 bits per heavy atom. The summed E-state index contributed by atoms with van der Waals surface area (Å²) in [6.45, 7) is 39.8. The minimum atomic E-state index is -1.00. The Bertz CT molecular complexity index is 1100. The molecule has 0 unspecified atom stereocenters. The van der Waals surface area contributed by atoms with Crippen molar-refractivity contribution in [2.24, 2.45) is 0 Å². The van der Waals surface area contributed by atoms with Crippen LogP contribution in [0.2, 0.25) is 78.6 Å². The fourth-order valence-corrected chi connectivity index (χ4v) is 36.8. The Hall–Kier alpha value is 1.75. The Morgan fingerprint density at radius 1 is 0.368 bits per heavy atom. The van der Waals surface area contributed by atoms with Crippen LogP contribution < -0.4 is 10.6 Å². The maximum Gasteiger partial charge on any atom is 2.00 e. The van der Waals surface area contributed by atoms with Crippen LogP contribution in [-0.2, 0) is 18.9 Å². The summed E-state index contributed by atoms with van der Waals surface area (Å²) < 4.78 is 19.8. The van der Waals surface area contributed by atoms with E-state index >= 15 is 0 Å². The van der Waals surface area contributed by atoms with Gasteiger partial charge in [0.05, 0.1) is 62.6 Å². The third kappa shape index (κ3) is 24.4. The van der Waals surface area contributed by atoms with E-state index in [1.807, 2.05) is 10.6 Å². The van der Waals surface area contributed by atoms with E-state index in [1.165, 1.54) is 61.2 Å². The van der Waals surface area contributed by atoms with E-state index in [9.17, 15) is 0 Å². The third-order valence-electron chi connectivity index (χ3n) is 8.66. The Labute approximate surface area is 400 Å². The number of rotatable bonds is 8. The molecule has 324 valence electrons. The largest absolute Gasteiger partial charge is 2.00 e. The number of hydrogen-bond acceptors (Lipinski definition) is 4. The predicted molar refractivity (Wildman–Crippen MR) is 293 cm³/mol. The van der Waals surface area contributed by atoms with Crippen molar-refractivity contribution in [1.82, 2.24) is 0 Å². The van der Waals surface area contributed by atoms with Gasteiger partial charge < -0.3 is 33.0 Å². The molecule has 4 saturated heterocycles. The van der Waals surface area contributed by atoms with Gasteiger partial charge in [-0.25, -0.2) is 0 Å². The van der Waals surface area contributed by atoms with Crippen LogP contribution >= 0.6 is 14.0 Å². The van der Waals surface area contributed by atoms with E-state index < -0.39 is 46.3 Å². The van der Waals surface area contributed by atoms with Crippen LogP contribution in [0.1, 0.15) is 51.4 Å². The molecule has 0 N–H and O–H groups in total. The van der Waals surface area contributed by atoms with Gasteiger partial charge in [-0.1, -0.05) is 115 Å². The summed E-state index contributed by atoms with van der Waals surface area (Å²) in [4.78, 5) is 2.44. The van der Waals surface area contributed by atoms with Gasteiger partial charge in [0, 0.05) is 63.5 Å². The second-order valence-electron chi connectivity index (χ2n) is 18.5. The standard InChI is InChI=1S/2C13H30B2PSi2.4C4H8O.Sr/c2*1-17(2,3)13(18(4,5)6)16(14,15)12-10-8-7-9-11-12;4*1-2-4-5-3-1;/h2*7-11,13H,1-6,14-15H3;4*1-4H2;/q2*-1;;;;;+2. The molecule has 0 bridgehead atoms. The molecule has 57 heavy (non-hydrogen) atoms. The molecule has 0 radical (unpaired) electrons. The minimum Gasteiger partial charge on any atom is -0.381 e. The predicted octanol–water partition coefficient (Wildman–Crippen LogP) is 6.83. The minimum absolute atomic E-state index is 0. The molecule has 0 spiro atoms. The van der Waals surface area contributed by atoms with Crippen LogP contribution in [0.4, 0.5) is 0 Å². The maximum atomic E-state index is 4.94. The molecular formula is C42H92B4O4P2Si4Sr. The fourth-order valence-electron chi connectivity index (χ4n) is 6.74. The molecule has 6 rings (SSSR count). The molecule has 2 aromatic rings. The molecule has 4 aliphatic rings. The second-order valence-corrected chi connectivity index (χ2v) is 45.4. The molecule has 0 aliphatic carbocycles. The van der Waals surface area contributed by atoms with Gasteiger partial charge in [0.25, 0.3) is 0 Å². The zero-order chi connectivity index (χ0) is 42.5. The first-order valence-corrected chi connectivity index (χ1v) is 36.5. The average Bonchev–Trinajstić information content (AvgIpc) is 3.94. The summed E-state index contributed by atoms with van der Waals surface area (Å²) in [5, 5.41) is 3.69. The quantitative estimate of drug-likeness (QED) is 0.215. The Morgan fingerprint density at radius 3 is 0.667 bits per heavy atom. The van der Waals surface area contributed by atoms with Crippen molar-refractivity contribution >= 4 is 133 Å². The summed E-state index contributed by atoms with van der Waals surface area (Å²) in [5.74, 6) is 0. The number of hydrogen-bond donors (Lipinski definition) is 0. The number of benzene rings is 2. The van der Waals surface area contributed by atoms with Gasteiger partial charge in [-0.15, -0.1) is 0 Å². The van der Waals surface area contributed by atoms with Gasteiger partial charge in [0.2, 0.25) is 0 Å². The Balaban J connectivity index is 0.000000732. The smallest absolute Gasteiger partial charge is 0.381 e. The van der Waals surface area contributed by atoms with Gasteiger partial charge in [-0.05, 0) is 85.4 Å². The first-order chi connectivity index (χ1) is 25.9. The van der Waals surface area contributed by atoms with Crippen LogP contribution in [0.3, 0.4) is 0 Å². The summed E-state index contributed by atoms with van der Waals surface area (Å²) in [6.07, 6.45) is 10.2. The molecule has 0 amide bonds. The SMILES string of the molecule is C1CCOC1.C1CCOC1.C1CCOC1.C1CCOC1.[BH3-][P+]([BH3-])(c1ccccc1)C([Si](C)(C)C)[Si](C)(C)C.[BH3-][P+]([BH3-])(c1ccccc1)C([Si](C)(C)C)[Si](C)(C)C.[Sr+2]. The Kier molecular flexibility index (Phi) is 30.1.